The molecule has 0 bridgehead atoms. The van der Waals surface area contributed by atoms with Gasteiger partial charge in [0.15, 0.2) is 11.6 Å². The maximum Gasteiger partial charge on any atom is 0.165 e. The normalized spacial score (nSPS) is 12.0. The highest BCUT2D eigenvalue weighted by Crippen LogP contribution is 2.23. The Morgan fingerprint density at radius 2 is 1.83 bits per heavy atom. The fourth-order valence-corrected chi connectivity index (χ4v) is 2.13. The molecule has 2 aromatic rings. The van der Waals surface area contributed by atoms with Gasteiger partial charge in [-0.2, -0.15) is 0 Å². The van der Waals surface area contributed by atoms with Crippen LogP contribution in [0.4, 0.5) is 4.39 Å². The van der Waals surface area contributed by atoms with E-state index >= 15 is 0 Å². The summed E-state index contributed by atoms with van der Waals surface area (Å²) in [4.78, 5) is 0. The summed E-state index contributed by atoms with van der Waals surface area (Å²) in [6.07, 6.45) is -0.0755. The van der Waals surface area contributed by atoms with Crippen LogP contribution in [0.1, 0.15) is 17.2 Å². The van der Waals surface area contributed by atoms with Gasteiger partial charge in [-0.3, -0.25) is 0 Å². The first-order chi connectivity index (χ1) is 11.1. The SMILES string of the molecule is COCCc1ccc(OCC(O)c2ccc(OC)c(F)c2)cc1. The van der Waals surface area contributed by atoms with Gasteiger partial charge in [-0.15, -0.1) is 0 Å². The van der Waals surface area contributed by atoms with Gasteiger partial charge in [0.1, 0.15) is 18.5 Å². The molecule has 2 rings (SSSR count). The molecule has 0 aliphatic carbocycles. The number of aliphatic hydroxyl groups is 1. The summed E-state index contributed by atoms with van der Waals surface area (Å²) in [6.45, 7) is 0.713. The smallest absolute Gasteiger partial charge is 0.165 e. The third-order valence-corrected chi connectivity index (χ3v) is 3.49. The molecule has 0 aromatic heterocycles. The summed E-state index contributed by atoms with van der Waals surface area (Å²) in [5, 5.41) is 10.1. The van der Waals surface area contributed by atoms with E-state index in [1.165, 1.54) is 19.2 Å². The van der Waals surface area contributed by atoms with Gasteiger partial charge in [0, 0.05) is 7.11 Å². The summed E-state index contributed by atoms with van der Waals surface area (Å²) in [5.74, 6) is 0.291. The van der Waals surface area contributed by atoms with Crippen molar-refractivity contribution in [3.05, 3.63) is 59.4 Å². The highest BCUT2D eigenvalue weighted by Gasteiger charge is 2.12. The maximum atomic E-state index is 13.6. The molecule has 1 atom stereocenters. The van der Waals surface area contributed by atoms with E-state index in [0.29, 0.717) is 17.9 Å². The number of rotatable bonds is 8. The largest absolute Gasteiger partial charge is 0.494 e. The quantitative estimate of drug-likeness (QED) is 0.812. The Morgan fingerprint density at radius 3 is 2.43 bits per heavy atom. The molecule has 4 nitrogen and oxygen atoms in total. The zero-order chi connectivity index (χ0) is 16.7. The molecule has 1 N–H and O–H groups in total. The number of hydrogen-bond acceptors (Lipinski definition) is 4. The minimum absolute atomic E-state index is 0.0448. The average molecular weight is 320 g/mol. The van der Waals surface area contributed by atoms with Crippen molar-refractivity contribution in [2.45, 2.75) is 12.5 Å². The topological polar surface area (TPSA) is 47.9 Å². The lowest BCUT2D eigenvalue weighted by Gasteiger charge is -2.14. The van der Waals surface area contributed by atoms with E-state index in [2.05, 4.69) is 0 Å². The molecule has 23 heavy (non-hydrogen) atoms. The van der Waals surface area contributed by atoms with E-state index in [0.717, 1.165) is 12.0 Å². The second kappa shape index (κ2) is 8.50. The third-order valence-electron chi connectivity index (χ3n) is 3.49. The number of methoxy groups -OCH3 is 2. The number of ether oxygens (including phenoxy) is 3. The van der Waals surface area contributed by atoms with Crippen molar-refractivity contribution >= 4 is 0 Å². The number of hydrogen-bond donors (Lipinski definition) is 1. The summed E-state index contributed by atoms with van der Waals surface area (Å²) in [5.41, 5.74) is 1.59. The highest BCUT2D eigenvalue weighted by molar-refractivity contribution is 5.31. The first-order valence-corrected chi connectivity index (χ1v) is 7.36. The fourth-order valence-electron chi connectivity index (χ4n) is 2.13. The van der Waals surface area contributed by atoms with Gasteiger partial charge in [-0.1, -0.05) is 18.2 Å². The molecule has 0 fully saturated rings. The van der Waals surface area contributed by atoms with Crippen LogP contribution in [-0.4, -0.2) is 32.5 Å². The molecular weight excluding hydrogens is 299 g/mol. The summed E-state index contributed by atoms with van der Waals surface area (Å²) < 4.78 is 29.1. The van der Waals surface area contributed by atoms with Crippen LogP contribution in [0.2, 0.25) is 0 Å². The van der Waals surface area contributed by atoms with E-state index in [1.54, 1.807) is 13.2 Å². The van der Waals surface area contributed by atoms with Gasteiger partial charge in [0.25, 0.3) is 0 Å². The average Bonchev–Trinajstić information content (AvgIpc) is 2.58. The van der Waals surface area contributed by atoms with Gasteiger partial charge in [-0.05, 0) is 41.8 Å². The molecule has 0 spiro atoms. The van der Waals surface area contributed by atoms with Crippen LogP contribution in [0.3, 0.4) is 0 Å². The third kappa shape index (κ3) is 4.94. The predicted octanol–water partition coefficient (Wildman–Crippen LogP) is 3.14. The Balaban J connectivity index is 1.90. The predicted molar refractivity (Wildman–Crippen MR) is 85.4 cm³/mol. The molecule has 0 saturated carbocycles. The monoisotopic (exact) mass is 320 g/mol. The van der Waals surface area contributed by atoms with Gasteiger partial charge in [0.2, 0.25) is 0 Å². The van der Waals surface area contributed by atoms with E-state index in [9.17, 15) is 9.50 Å². The van der Waals surface area contributed by atoms with Gasteiger partial charge < -0.3 is 19.3 Å². The zero-order valence-corrected chi connectivity index (χ0v) is 13.3. The van der Waals surface area contributed by atoms with Gasteiger partial charge in [0.05, 0.1) is 13.7 Å². The Kier molecular flexibility index (Phi) is 6.38. The molecule has 2 aromatic carbocycles. The molecule has 5 heteroatoms. The second-order valence-electron chi connectivity index (χ2n) is 5.11. The number of benzene rings is 2. The van der Waals surface area contributed by atoms with Crippen LogP contribution in [0.5, 0.6) is 11.5 Å². The van der Waals surface area contributed by atoms with Crippen LogP contribution in [0.25, 0.3) is 0 Å². The Labute approximate surface area is 135 Å². The summed E-state index contributed by atoms with van der Waals surface area (Å²) in [7, 11) is 3.06. The molecule has 0 saturated heterocycles. The van der Waals surface area contributed by atoms with Gasteiger partial charge in [-0.25, -0.2) is 4.39 Å². The molecule has 0 heterocycles. The molecule has 0 amide bonds. The molecule has 0 radical (unpaired) electrons. The molecule has 0 aliphatic heterocycles. The molecule has 124 valence electrons. The first kappa shape index (κ1) is 17.2. The number of aliphatic hydroxyl groups excluding tert-OH is 1. The molecule has 1 unspecified atom stereocenters. The van der Waals surface area contributed by atoms with Crippen LogP contribution < -0.4 is 9.47 Å². The van der Waals surface area contributed by atoms with Gasteiger partial charge >= 0.3 is 0 Å². The van der Waals surface area contributed by atoms with Crippen molar-refractivity contribution < 1.29 is 23.7 Å². The highest BCUT2D eigenvalue weighted by atomic mass is 19.1. The fraction of sp³-hybridized carbons (Fsp3) is 0.333. The van der Waals surface area contributed by atoms with Crippen molar-refractivity contribution in [2.24, 2.45) is 0 Å². The van der Waals surface area contributed by atoms with E-state index in [-0.39, 0.29) is 12.4 Å². The Bertz CT molecular complexity index is 613. The first-order valence-electron chi connectivity index (χ1n) is 7.36. The van der Waals surface area contributed by atoms with Crippen molar-refractivity contribution in [2.75, 3.05) is 27.4 Å². The van der Waals surface area contributed by atoms with Crippen molar-refractivity contribution in [3.63, 3.8) is 0 Å². The second-order valence-corrected chi connectivity index (χ2v) is 5.11. The van der Waals surface area contributed by atoms with Crippen LogP contribution in [-0.2, 0) is 11.2 Å². The van der Waals surface area contributed by atoms with Crippen LogP contribution in [0, 0.1) is 5.82 Å². The van der Waals surface area contributed by atoms with Crippen molar-refractivity contribution in [1.82, 2.24) is 0 Å². The van der Waals surface area contributed by atoms with E-state index < -0.39 is 11.9 Å². The molecular formula is C18H21FO4. The maximum absolute atomic E-state index is 13.6. The summed E-state index contributed by atoms with van der Waals surface area (Å²) >= 11 is 0. The van der Waals surface area contributed by atoms with E-state index in [4.69, 9.17) is 14.2 Å². The minimum Gasteiger partial charge on any atom is -0.494 e. The Morgan fingerprint density at radius 1 is 1.09 bits per heavy atom. The lowest BCUT2D eigenvalue weighted by atomic mass is 10.1. The minimum atomic E-state index is -0.913. The van der Waals surface area contributed by atoms with Crippen molar-refractivity contribution in [3.8, 4) is 11.5 Å². The lowest BCUT2D eigenvalue weighted by Crippen LogP contribution is -2.10. The van der Waals surface area contributed by atoms with Crippen LogP contribution >= 0.6 is 0 Å². The van der Waals surface area contributed by atoms with E-state index in [1.807, 2.05) is 24.3 Å². The van der Waals surface area contributed by atoms with Crippen LogP contribution in [0.15, 0.2) is 42.5 Å². The lowest BCUT2D eigenvalue weighted by molar-refractivity contribution is 0.108. The van der Waals surface area contributed by atoms with Crippen molar-refractivity contribution in [1.29, 1.82) is 0 Å². The molecule has 0 aliphatic rings. The number of halogens is 1. The Hall–Kier alpha value is -2.11. The summed E-state index contributed by atoms with van der Waals surface area (Å²) in [6, 6.07) is 11.9. The zero-order valence-electron chi connectivity index (χ0n) is 13.3. The standard InChI is InChI=1S/C18H21FO4/c1-21-10-9-13-3-6-15(7-4-13)23-12-17(20)14-5-8-18(22-2)16(19)11-14/h3-8,11,17,20H,9-10,12H2,1-2H3.